The standard InChI is InChI=1S/C61H42N4/c1-61(2)53-22-12-11-18-49(53)50-37-36-47(38-54(50)61)41-28-34-46(35-29-41)60-64-58(44-16-7-4-8-17-44)63-59(65-60)45-32-26-40(27-33-45)39-24-30-42(31-25-39)48-21-13-23-55-56(48)51-19-9-10-20-52(51)57(62-55)43-14-5-3-6-15-43/h3-38H,1-2H3. The Morgan fingerprint density at radius 2 is 0.738 bits per heavy atom. The van der Waals surface area contributed by atoms with Crippen LogP contribution in [-0.4, -0.2) is 19.9 Å². The van der Waals surface area contributed by atoms with Crippen LogP contribution in [0, 0.1) is 0 Å². The van der Waals surface area contributed by atoms with Crippen molar-refractivity contribution in [3.8, 4) is 89.9 Å². The number of benzene rings is 9. The molecule has 0 N–H and O–H groups in total. The van der Waals surface area contributed by atoms with Gasteiger partial charge in [0.05, 0.1) is 11.2 Å². The Labute approximate surface area is 378 Å². The molecular formula is C61H42N4. The molecule has 4 nitrogen and oxygen atoms in total. The van der Waals surface area contributed by atoms with Crippen LogP contribution in [0.3, 0.4) is 0 Å². The Morgan fingerprint density at radius 1 is 0.292 bits per heavy atom. The van der Waals surface area contributed by atoms with Crippen molar-refractivity contribution in [3.05, 3.63) is 230 Å². The summed E-state index contributed by atoms with van der Waals surface area (Å²) < 4.78 is 0. The van der Waals surface area contributed by atoms with E-state index in [2.05, 4.69) is 196 Å². The molecule has 1 aliphatic carbocycles. The Bertz CT molecular complexity index is 3580. The smallest absolute Gasteiger partial charge is 0.164 e. The van der Waals surface area contributed by atoms with Crippen molar-refractivity contribution in [2.75, 3.05) is 0 Å². The Hall–Kier alpha value is -8.34. The van der Waals surface area contributed by atoms with Crippen molar-refractivity contribution >= 4 is 21.7 Å². The van der Waals surface area contributed by atoms with Crippen LogP contribution >= 0.6 is 0 Å². The molecule has 0 spiro atoms. The highest BCUT2D eigenvalue weighted by atomic mass is 15.0. The summed E-state index contributed by atoms with van der Waals surface area (Å²) in [5.74, 6) is 1.91. The predicted molar refractivity (Wildman–Crippen MR) is 268 cm³/mol. The lowest BCUT2D eigenvalue weighted by Gasteiger charge is -2.22. The molecule has 1 aliphatic rings. The first kappa shape index (κ1) is 38.3. The summed E-state index contributed by atoms with van der Waals surface area (Å²) in [4.78, 5) is 20.3. The van der Waals surface area contributed by atoms with E-state index in [9.17, 15) is 0 Å². The van der Waals surface area contributed by atoms with Crippen LogP contribution < -0.4 is 0 Å². The molecule has 12 rings (SSSR count). The van der Waals surface area contributed by atoms with Gasteiger partial charge in [-0.2, -0.15) is 0 Å². The summed E-state index contributed by atoms with van der Waals surface area (Å²) in [5, 5.41) is 3.51. The second-order valence-electron chi connectivity index (χ2n) is 17.4. The first-order valence-electron chi connectivity index (χ1n) is 22.2. The zero-order chi connectivity index (χ0) is 43.5. The molecule has 2 aromatic heterocycles. The van der Waals surface area contributed by atoms with Crippen molar-refractivity contribution in [3.63, 3.8) is 0 Å². The predicted octanol–water partition coefficient (Wildman–Crippen LogP) is 15.5. The number of pyridine rings is 1. The van der Waals surface area contributed by atoms with Gasteiger partial charge in [-0.1, -0.05) is 220 Å². The molecule has 306 valence electrons. The zero-order valence-electron chi connectivity index (χ0n) is 36.1. The van der Waals surface area contributed by atoms with Gasteiger partial charge in [0.15, 0.2) is 17.5 Å². The monoisotopic (exact) mass is 830 g/mol. The minimum atomic E-state index is -0.0548. The van der Waals surface area contributed by atoms with E-state index in [1.165, 1.54) is 38.8 Å². The maximum atomic E-state index is 5.22. The fourth-order valence-electron chi connectivity index (χ4n) is 9.76. The average Bonchev–Trinajstić information content (AvgIpc) is 3.61. The summed E-state index contributed by atoms with van der Waals surface area (Å²) in [7, 11) is 0. The molecule has 4 heteroatoms. The van der Waals surface area contributed by atoms with E-state index in [4.69, 9.17) is 19.9 Å². The minimum Gasteiger partial charge on any atom is -0.247 e. The van der Waals surface area contributed by atoms with Crippen molar-refractivity contribution in [1.82, 2.24) is 19.9 Å². The van der Waals surface area contributed by atoms with Gasteiger partial charge in [-0.3, -0.25) is 0 Å². The SMILES string of the molecule is CC1(C)c2ccccc2-c2ccc(-c3ccc(-c4nc(-c5ccccc5)nc(-c5ccc(-c6ccc(-c7cccc8nc(-c9ccccc9)c9ccccc9c78)cc6)cc5)n4)cc3)cc21. The Morgan fingerprint density at radius 3 is 1.37 bits per heavy atom. The molecule has 0 bridgehead atoms. The lowest BCUT2D eigenvalue weighted by molar-refractivity contribution is 0.660. The van der Waals surface area contributed by atoms with E-state index >= 15 is 0 Å². The van der Waals surface area contributed by atoms with Crippen molar-refractivity contribution < 1.29 is 0 Å². The lowest BCUT2D eigenvalue weighted by atomic mass is 9.81. The van der Waals surface area contributed by atoms with Crippen LogP contribution in [0.2, 0.25) is 0 Å². The Kier molecular flexibility index (Phi) is 9.13. The van der Waals surface area contributed by atoms with E-state index in [0.29, 0.717) is 17.5 Å². The maximum Gasteiger partial charge on any atom is 0.164 e. The van der Waals surface area contributed by atoms with Gasteiger partial charge in [-0.05, 0) is 73.2 Å². The van der Waals surface area contributed by atoms with Gasteiger partial charge in [0, 0.05) is 38.4 Å². The topological polar surface area (TPSA) is 51.6 Å². The number of hydrogen-bond acceptors (Lipinski definition) is 4. The van der Waals surface area contributed by atoms with Gasteiger partial charge in [-0.15, -0.1) is 0 Å². The minimum absolute atomic E-state index is 0.0548. The molecule has 0 amide bonds. The first-order chi connectivity index (χ1) is 32.0. The third-order valence-electron chi connectivity index (χ3n) is 13.2. The van der Waals surface area contributed by atoms with Gasteiger partial charge >= 0.3 is 0 Å². The highest BCUT2D eigenvalue weighted by Crippen LogP contribution is 2.49. The highest BCUT2D eigenvalue weighted by molar-refractivity contribution is 6.16. The van der Waals surface area contributed by atoms with Gasteiger partial charge in [0.2, 0.25) is 0 Å². The normalized spacial score (nSPS) is 12.6. The molecule has 0 unspecified atom stereocenters. The quantitative estimate of drug-likeness (QED) is 0.150. The van der Waals surface area contributed by atoms with Gasteiger partial charge in [0.1, 0.15) is 0 Å². The molecule has 0 fully saturated rings. The van der Waals surface area contributed by atoms with Crippen LogP contribution in [0.1, 0.15) is 25.0 Å². The van der Waals surface area contributed by atoms with E-state index in [0.717, 1.165) is 66.5 Å². The molecule has 11 aromatic rings. The van der Waals surface area contributed by atoms with E-state index in [1.54, 1.807) is 0 Å². The van der Waals surface area contributed by atoms with E-state index < -0.39 is 0 Å². The molecule has 65 heavy (non-hydrogen) atoms. The van der Waals surface area contributed by atoms with Gasteiger partial charge < -0.3 is 0 Å². The summed E-state index contributed by atoms with van der Waals surface area (Å²) in [6, 6.07) is 77.3. The number of aromatic nitrogens is 4. The summed E-state index contributed by atoms with van der Waals surface area (Å²) in [6.07, 6.45) is 0. The lowest BCUT2D eigenvalue weighted by Crippen LogP contribution is -2.14. The van der Waals surface area contributed by atoms with Crippen LogP contribution in [-0.2, 0) is 5.41 Å². The van der Waals surface area contributed by atoms with Crippen LogP contribution in [0.15, 0.2) is 218 Å². The molecule has 0 saturated heterocycles. The fraction of sp³-hybridized carbons (Fsp3) is 0.0492. The second kappa shape index (κ2) is 15.5. The number of hydrogen-bond donors (Lipinski definition) is 0. The molecular weight excluding hydrogens is 789 g/mol. The molecule has 2 heterocycles. The maximum absolute atomic E-state index is 5.22. The van der Waals surface area contributed by atoms with Crippen molar-refractivity contribution in [2.24, 2.45) is 0 Å². The second-order valence-corrected chi connectivity index (χ2v) is 17.4. The van der Waals surface area contributed by atoms with Crippen LogP contribution in [0.5, 0.6) is 0 Å². The fourth-order valence-corrected chi connectivity index (χ4v) is 9.76. The summed E-state index contributed by atoms with van der Waals surface area (Å²) >= 11 is 0. The third-order valence-corrected chi connectivity index (χ3v) is 13.2. The van der Waals surface area contributed by atoms with Gasteiger partial charge in [-0.25, -0.2) is 19.9 Å². The number of nitrogens with zero attached hydrogens (tertiary/aromatic N) is 4. The van der Waals surface area contributed by atoms with Crippen LogP contribution in [0.25, 0.3) is 112 Å². The average molecular weight is 831 g/mol. The number of rotatable bonds is 7. The molecule has 9 aromatic carbocycles. The number of fused-ring (bicyclic) bond motifs is 6. The first-order valence-corrected chi connectivity index (χ1v) is 22.2. The molecule has 0 aliphatic heterocycles. The summed E-state index contributed by atoms with van der Waals surface area (Å²) in [5.41, 5.74) is 18.2. The molecule has 0 saturated carbocycles. The zero-order valence-corrected chi connectivity index (χ0v) is 36.1. The molecule has 0 atom stereocenters. The van der Waals surface area contributed by atoms with Crippen LogP contribution in [0.4, 0.5) is 0 Å². The molecule has 0 radical (unpaired) electrons. The van der Waals surface area contributed by atoms with Gasteiger partial charge in [0.25, 0.3) is 0 Å². The highest BCUT2D eigenvalue weighted by Gasteiger charge is 2.35. The largest absolute Gasteiger partial charge is 0.247 e. The van der Waals surface area contributed by atoms with Crippen molar-refractivity contribution in [2.45, 2.75) is 19.3 Å². The third kappa shape index (κ3) is 6.70. The van der Waals surface area contributed by atoms with E-state index in [-0.39, 0.29) is 5.41 Å². The summed E-state index contributed by atoms with van der Waals surface area (Å²) in [6.45, 7) is 4.65. The Balaban J connectivity index is 0.850. The van der Waals surface area contributed by atoms with Crippen molar-refractivity contribution in [1.29, 1.82) is 0 Å². The van der Waals surface area contributed by atoms with E-state index in [1.807, 2.05) is 36.4 Å².